The number of aliphatic imine (C=N–C) groups is 1. The van der Waals surface area contributed by atoms with Gasteiger partial charge in [-0.3, -0.25) is 0 Å². The minimum Gasteiger partial charge on any atom is -0.357 e. The summed E-state index contributed by atoms with van der Waals surface area (Å²) >= 11 is 0. The lowest BCUT2D eigenvalue weighted by molar-refractivity contribution is 0.588. The SMILES string of the molecule is CCNC(=NCc1cccc(S(=O)(=O)NC)c1)NCC(C)c1ccccc1. The van der Waals surface area contributed by atoms with Crippen molar-refractivity contribution in [2.75, 3.05) is 20.1 Å². The summed E-state index contributed by atoms with van der Waals surface area (Å²) in [5, 5.41) is 6.58. The molecule has 0 saturated heterocycles. The summed E-state index contributed by atoms with van der Waals surface area (Å²) in [6.07, 6.45) is 0. The molecule has 0 aliphatic heterocycles. The zero-order chi connectivity index (χ0) is 19.7. The molecule has 0 aliphatic rings. The van der Waals surface area contributed by atoms with Crippen molar-refractivity contribution in [3.8, 4) is 0 Å². The first-order valence-electron chi connectivity index (χ1n) is 9.06. The van der Waals surface area contributed by atoms with Crippen LogP contribution in [0, 0.1) is 0 Å². The van der Waals surface area contributed by atoms with E-state index in [9.17, 15) is 8.42 Å². The molecule has 0 bridgehead atoms. The van der Waals surface area contributed by atoms with Gasteiger partial charge < -0.3 is 10.6 Å². The van der Waals surface area contributed by atoms with Gasteiger partial charge >= 0.3 is 0 Å². The number of rotatable bonds is 8. The molecule has 0 fully saturated rings. The molecule has 1 unspecified atom stereocenters. The Labute approximate surface area is 162 Å². The van der Waals surface area contributed by atoms with Crippen LogP contribution in [0.25, 0.3) is 0 Å². The third-order valence-corrected chi connectivity index (χ3v) is 5.60. The summed E-state index contributed by atoms with van der Waals surface area (Å²) in [7, 11) is -2.05. The second kappa shape index (κ2) is 10.1. The first kappa shape index (κ1) is 20.9. The summed E-state index contributed by atoms with van der Waals surface area (Å²) in [6.45, 7) is 6.07. The van der Waals surface area contributed by atoms with E-state index in [0.29, 0.717) is 18.4 Å². The van der Waals surface area contributed by atoms with Crippen molar-refractivity contribution in [1.29, 1.82) is 0 Å². The van der Waals surface area contributed by atoms with Crippen LogP contribution in [0.2, 0.25) is 0 Å². The Morgan fingerprint density at radius 3 is 2.48 bits per heavy atom. The van der Waals surface area contributed by atoms with Crippen molar-refractivity contribution in [2.45, 2.75) is 31.2 Å². The van der Waals surface area contributed by atoms with Gasteiger partial charge in [-0.25, -0.2) is 18.1 Å². The van der Waals surface area contributed by atoms with E-state index in [1.54, 1.807) is 18.2 Å². The predicted octanol–water partition coefficient (Wildman–Crippen LogP) is 2.45. The predicted molar refractivity (Wildman–Crippen MR) is 110 cm³/mol. The van der Waals surface area contributed by atoms with Crippen LogP contribution in [0.15, 0.2) is 64.5 Å². The number of nitrogens with one attached hydrogen (secondary N) is 3. The molecule has 2 aromatic carbocycles. The Hall–Kier alpha value is -2.38. The molecule has 0 aromatic heterocycles. The number of benzene rings is 2. The van der Waals surface area contributed by atoms with Gasteiger partial charge in [0.25, 0.3) is 0 Å². The summed E-state index contributed by atoms with van der Waals surface area (Å²) in [6, 6.07) is 17.1. The monoisotopic (exact) mass is 388 g/mol. The van der Waals surface area contributed by atoms with Gasteiger partial charge in [0, 0.05) is 13.1 Å². The summed E-state index contributed by atoms with van der Waals surface area (Å²) in [4.78, 5) is 4.82. The number of sulfonamides is 1. The average Bonchev–Trinajstić information content (AvgIpc) is 2.70. The maximum atomic E-state index is 11.9. The van der Waals surface area contributed by atoms with E-state index in [2.05, 4.69) is 39.4 Å². The third kappa shape index (κ3) is 6.37. The standard InChI is InChI=1S/C20H28N4O2S/c1-4-22-20(23-14-16(2)18-10-6-5-7-11-18)24-15-17-9-8-12-19(13-17)27(25,26)21-3/h5-13,16,21H,4,14-15H2,1-3H3,(H2,22,23,24). The first-order valence-corrected chi connectivity index (χ1v) is 10.5. The smallest absolute Gasteiger partial charge is 0.240 e. The molecule has 0 heterocycles. The molecule has 146 valence electrons. The van der Waals surface area contributed by atoms with Crippen molar-refractivity contribution in [3.05, 3.63) is 65.7 Å². The Morgan fingerprint density at radius 1 is 1.07 bits per heavy atom. The van der Waals surface area contributed by atoms with Crippen molar-refractivity contribution in [1.82, 2.24) is 15.4 Å². The number of hydrogen-bond donors (Lipinski definition) is 3. The topological polar surface area (TPSA) is 82.6 Å². The summed E-state index contributed by atoms with van der Waals surface area (Å²) in [5.74, 6) is 1.06. The normalized spacial score (nSPS) is 13.2. The minimum atomic E-state index is -3.45. The molecule has 2 rings (SSSR count). The molecule has 3 N–H and O–H groups in total. The van der Waals surface area contributed by atoms with Crippen LogP contribution in [-0.2, 0) is 16.6 Å². The van der Waals surface area contributed by atoms with Gasteiger partial charge in [-0.2, -0.15) is 0 Å². The van der Waals surface area contributed by atoms with Gasteiger partial charge in [0.15, 0.2) is 5.96 Å². The van der Waals surface area contributed by atoms with E-state index in [0.717, 1.165) is 18.7 Å². The van der Waals surface area contributed by atoms with E-state index in [1.807, 2.05) is 31.2 Å². The van der Waals surface area contributed by atoms with Crippen LogP contribution < -0.4 is 15.4 Å². The highest BCUT2D eigenvalue weighted by molar-refractivity contribution is 7.89. The Balaban J connectivity index is 2.04. The molecule has 27 heavy (non-hydrogen) atoms. The molecule has 6 nitrogen and oxygen atoms in total. The molecule has 0 radical (unpaired) electrons. The number of guanidine groups is 1. The second-order valence-corrected chi connectivity index (χ2v) is 8.13. The summed E-state index contributed by atoms with van der Waals surface area (Å²) < 4.78 is 26.2. The zero-order valence-corrected chi connectivity index (χ0v) is 16.9. The van der Waals surface area contributed by atoms with E-state index in [1.165, 1.54) is 12.6 Å². The van der Waals surface area contributed by atoms with Crippen molar-refractivity contribution < 1.29 is 8.42 Å². The fourth-order valence-corrected chi connectivity index (χ4v) is 3.39. The maximum absolute atomic E-state index is 11.9. The van der Waals surface area contributed by atoms with Crippen LogP contribution >= 0.6 is 0 Å². The number of nitrogens with zero attached hydrogens (tertiary/aromatic N) is 1. The van der Waals surface area contributed by atoms with Gasteiger partial charge in [-0.05, 0) is 43.1 Å². The molecule has 1 atom stereocenters. The molecular formula is C20H28N4O2S. The maximum Gasteiger partial charge on any atom is 0.240 e. The molecule has 0 aliphatic carbocycles. The Morgan fingerprint density at radius 2 is 1.81 bits per heavy atom. The van der Waals surface area contributed by atoms with Gasteiger partial charge in [-0.1, -0.05) is 49.4 Å². The highest BCUT2D eigenvalue weighted by Crippen LogP contribution is 2.13. The van der Waals surface area contributed by atoms with Crippen LogP contribution in [0.1, 0.15) is 30.9 Å². The van der Waals surface area contributed by atoms with Gasteiger partial charge in [0.2, 0.25) is 10.0 Å². The van der Waals surface area contributed by atoms with Crippen LogP contribution in [-0.4, -0.2) is 34.5 Å². The average molecular weight is 389 g/mol. The second-order valence-electron chi connectivity index (χ2n) is 6.24. The summed E-state index contributed by atoms with van der Waals surface area (Å²) in [5.41, 5.74) is 2.10. The fourth-order valence-electron chi connectivity index (χ4n) is 2.59. The van der Waals surface area contributed by atoms with E-state index < -0.39 is 10.0 Å². The molecular weight excluding hydrogens is 360 g/mol. The van der Waals surface area contributed by atoms with E-state index in [4.69, 9.17) is 0 Å². The van der Waals surface area contributed by atoms with Gasteiger partial charge in [-0.15, -0.1) is 0 Å². The first-order chi connectivity index (χ1) is 13.0. The molecule has 0 amide bonds. The van der Waals surface area contributed by atoms with Gasteiger partial charge in [0.05, 0.1) is 11.4 Å². The molecule has 0 spiro atoms. The molecule has 7 heteroatoms. The van der Waals surface area contributed by atoms with Crippen molar-refractivity contribution in [3.63, 3.8) is 0 Å². The van der Waals surface area contributed by atoms with Crippen molar-refractivity contribution >= 4 is 16.0 Å². The zero-order valence-electron chi connectivity index (χ0n) is 16.1. The van der Waals surface area contributed by atoms with Crippen LogP contribution in [0.4, 0.5) is 0 Å². The van der Waals surface area contributed by atoms with Crippen LogP contribution in [0.5, 0.6) is 0 Å². The Bertz CT molecular complexity index is 851. The highest BCUT2D eigenvalue weighted by atomic mass is 32.2. The minimum absolute atomic E-state index is 0.244. The molecule has 0 saturated carbocycles. The molecule has 2 aromatic rings. The largest absolute Gasteiger partial charge is 0.357 e. The Kier molecular flexibility index (Phi) is 7.82. The van der Waals surface area contributed by atoms with E-state index in [-0.39, 0.29) is 4.90 Å². The lowest BCUT2D eigenvalue weighted by Crippen LogP contribution is -2.39. The quantitative estimate of drug-likeness (QED) is 0.479. The third-order valence-electron chi connectivity index (χ3n) is 4.19. The van der Waals surface area contributed by atoms with Crippen molar-refractivity contribution in [2.24, 2.45) is 4.99 Å². The number of hydrogen-bond acceptors (Lipinski definition) is 3. The van der Waals surface area contributed by atoms with E-state index >= 15 is 0 Å². The lowest BCUT2D eigenvalue weighted by atomic mass is 10.0. The van der Waals surface area contributed by atoms with Gasteiger partial charge in [0.1, 0.15) is 0 Å². The lowest BCUT2D eigenvalue weighted by Gasteiger charge is -2.16. The van der Waals surface area contributed by atoms with Crippen LogP contribution in [0.3, 0.4) is 0 Å². The fraction of sp³-hybridized carbons (Fsp3) is 0.350. The highest BCUT2D eigenvalue weighted by Gasteiger charge is 2.11.